The summed E-state index contributed by atoms with van der Waals surface area (Å²) in [5.41, 5.74) is 3.02. The fraction of sp³-hybridized carbons (Fsp3) is 0.706. The van der Waals surface area contributed by atoms with Crippen molar-refractivity contribution >= 4 is 5.91 Å². The molecule has 0 spiro atoms. The van der Waals surface area contributed by atoms with Crippen molar-refractivity contribution in [3.63, 3.8) is 0 Å². The minimum Gasteiger partial charge on any atom is -0.380 e. The van der Waals surface area contributed by atoms with E-state index >= 15 is 0 Å². The van der Waals surface area contributed by atoms with Gasteiger partial charge in [-0.15, -0.1) is 5.10 Å². The molecular formula is C17H24N4O2. The molecule has 4 rings (SSSR count). The van der Waals surface area contributed by atoms with E-state index in [9.17, 15) is 4.79 Å². The third kappa shape index (κ3) is 3.04. The second-order valence-electron chi connectivity index (χ2n) is 7.03. The number of hydrogen-bond donors (Lipinski definition) is 0. The molecule has 1 fully saturated rings. The van der Waals surface area contributed by atoms with E-state index in [1.807, 2.05) is 16.6 Å². The number of carbonyl (C=O) groups is 1. The number of nitrogens with zero attached hydrogens (tertiary/aromatic N) is 4. The molecule has 0 unspecified atom stereocenters. The maximum Gasteiger partial charge on any atom is 0.249 e. The summed E-state index contributed by atoms with van der Waals surface area (Å²) in [6.45, 7) is 2.76. The number of fused-ring (bicyclic) bond motifs is 1. The van der Waals surface area contributed by atoms with Crippen LogP contribution >= 0.6 is 0 Å². The van der Waals surface area contributed by atoms with Gasteiger partial charge in [-0.1, -0.05) is 11.3 Å². The minimum absolute atomic E-state index is 0.170. The lowest BCUT2D eigenvalue weighted by molar-refractivity contribution is -0.128. The lowest BCUT2D eigenvalue weighted by Gasteiger charge is -2.32. The zero-order valence-corrected chi connectivity index (χ0v) is 13.7. The predicted molar refractivity (Wildman–Crippen MR) is 84.6 cm³/mol. The van der Waals surface area contributed by atoms with Crippen molar-refractivity contribution < 1.29 is 9.53 Å². The largest absolute Gasteiger partial charge is 0.380 e. The van der Waals surface area contributed by atoms with Crippen LogP contribution in [0, 0.1) is 5.92 Å². The van der Waals surface area contributed by atoms with Crippen LogP contribution in [0.1, 0.15) is 49.4 Å². The van der Waals surface area contributed by atoms with Crippen LogP contribution < -0.4 is 0 Å². The van der Waals surface area contributed by atoms with Crippen LogP contribution in [-0.4, -0.2) is 45.6 Å². The van der Waals surface area contributed by atoms with Crippen LogP contribution in [0.5, 0.6) is 0 Å². The first kappa shape index (κ1) is 14.9. The zero-order chi connectivity index (χ0) is 15.8. The summed E-state index contributed by atoms with van der Waals surface area (Å²) >= 11 is 0. The molecule has 1 aromatic heterocycles. The normalized spacial score (nSPS) is 23.8. The average molecular weight is 316 g/mol. The van der Waals surface area contributed by atoms with Gasteiger partial charge in [0.25, 0.3) is 0 Å². The van der Waals surface area contributed by atoms with Gasteiger partial charge in [0.15, 0.2) is 0 Å². The molecule has 0 saturated heterocycles. The summed E-state index contributed by atoms with van der Waals surface area (Å²) in [7, 11) is 1.93. The Morgan fingerprint density at radius 3 is 3.00 bits per heavy atom. The molecule has 3 aliphatic rings. The third-order valence-electron chi connectivity index (χ3n) is 5.08. The summed E-state index contributed by atoms with van der Waals surface area (Å²) in [4.78, 5) is 14.6. The average Bonchev–Trinajstić information content (AvgIpc) is 3.07. The second-order valence-corrected chi connectivity index (χ2v) is 7.03. The van der Waals surface area contributed by atoms with Crippen LogP contribution in [0.25, 0.3) is 0 Å². The van der Waals surface area contributed by atoms with Gasteiger partial charge in [-0.2, -0.15) is 0 Å². The van der Waals surface area contributed by atoms with Gasteiger partial charge in [0.05, 0.1) is 18.8 Å². The van der Waals surface area contributed by atoms with E-state index in [-0.39, 0.29) is 11.8 Å². The Morgan fingerprint density at radius 1 is 1.39 bits per heavy atom. The van der Waals surface area contributed by atoms with Crippen molar-refractivity contribution in [1.82, 2.24) is 19.9 Å². The van der Waals surface area contributed by atoms with Crippen molar-refractivity contribution in [2.45, 2.75) is 44.6 Å². The maximum atomic E-state index is 12.7. The predicted octanol–water partition coefficient (Wildman–Crippen LogP) is 1.78. The molecule has 1 aromatic rings. The zero-order valence-electron chi connectivity index (χ0n) is 13.7. The van der Waals surface area contributed by atoms with Crippen molar-refractivity contribution in [3.05, 3.63) is 23.0 Å². The molecule has 0 radical (unpaired) electrons. The molecule has 1 saturated carbocycles. The summed E-state index contributed by atoms with van der Waals surface area (Å²) in [5, 5.41) is 8.42. The van der Waals surface area contributed by atoms with Crippen LogP contribution in [0.15, 0.2) is 11.6 Å². The lowest BCUT2D eigenvalue weighted by atomic mass is 9.98. The Labute approximate surface area is 136 Å². The minimum atomic E-state index is 0.170. The number of ether oxygens (including phenoxy) is 1. The Bertz CT molecular complexity index is 633. The standard InChI is InChI=1S/C17H24N4O2/c1-20-16-14(11-23-10-12-6-7-12)8-21(9-15(16)18-19-20)17(22)13-4-2-3-5-13/h4,12,14H,2-3,5-11H2,1H3/t14-/m0/s1. The van der Waals surface area contributed by atoms with Crippen molar-refractivity contribution in [1.29, 1.82) is 0 Å². The molecule has 23 heavy (non-hydrogen) atoms. The van der Waals surface area contributed by atoms with E-state index in [4.69, 9.17) is 4.74 Å². The molecule has 6 heteroatoms. The molecule has 1 aliphatic heterocycles. The molecular weight excluding hydrogens is 292 g/mol. The van der Waals surface area contributed by atoms with Crippen molar-refractivity contribution in [3.8, 4) is 0 Å². The Kier molecular flexibility index (Phi) is 3.93. The summed E-state index contributed by atoms with van der Waals surface area (Å²) in [6.07, 6.45) is 7.71. The lowest BCUT2D eigenvalue weighted by Crippen LogP contribution is -2.40. The topological polar surface area (TPSA) is 60.2 Å². The molecule has 1 amide bonds. The highest BCUT2D eigenvalue weighted by Crippen LogP contribution is 2.32. The van der Waals surface area contributed by atoms with Crippen molar-refractivity contribution in [2.24, 2.45) is 13.0 Å². The van der Waals surface area contributed by atoms with E-state index < -0.39 is 0 Å². The first-order valence-corrected chi connectivity index (χ1v) is 8.67. The summed E-state index contributed by atoms with van der Waals surface area (Å²) in [6, 6.07) is 0. The van der Waals surface area contributed by atoms with Gasteiger partial charge in [0.2, 0.25) is 5.91 Å². The van der Waals surface area contributed by atoms with E-state index in [0.717, 1.165) is 48.7 Å². The van der Waals surface area contributed by atoms with Gasteiger partial charge in [0, 0.05) is 31.7 Å². The number of hydrogen-bond acceptors (Lipinski definition) is 4. The molecule has 2 aliphatic carbocycles. The molecule has 1 atom stereocenters. The first-order chi connectivity index (χ1) is 11.2. The van der Waals surface area contributed by atoms with Gasteiger partial charge < -0.3 is 9.64 Å². The SMILES string of the molecule is Cn1nnc2c1[C@H](COCC1CC1)CN(C(=O)C1=CCCC1)C2. The van der Waals surface area contributed by atoms with Gasteiger partial charge in [-0.3, -0.25) is 9.48 Å². The fourth-order valence-corrected chi connectivity index (χ4v) is 3.63. The molecule has 6 nitrogen and oxygen atoms in total. The van der Waals surface area contributed by atoms with Gasteiger partial charge >= 0.3 is 0 Å². The van der Waals surface area contributed by atoms with Crippen LogP contribution in [0.4, 0.5) is 0 Å². The van der Waals surface area contributed by atoms with Gasteiger partial charge in [-0.25, -0.2) is 0 Å². The van der Waals surface area contributed by atoms with Crippen LogP contribution in [0.3, 0.4) is 0 Å². The molecule has 0 N–H and O–H groups in total. The maximum absolute atomic E-state index is 12.7. The highest BCUT2D eigenvalue weighted by molar-refractivity contribution is 5.94. The highest BCUT2D eigenvalue weighted by Gasteiger charge is 2.34. The quantitative estimate of drug-likeness (QED) is 0.831. The number of rotatable bonds is 5. The number of allylic oxidation sites excluding steroid dienone is 1. The number of aryl methyl sites for hydroxylation is 1. The van der Waals surface area contributed by atoms with Gasteiger partial charge in [-0.05, 0) is 38.0 Å². The number of aromatic nitrogens is 3. The van der Waals surface area contributed by atoms with E-state index in [0.29, 0.717) is 19.7 Å². The Morgan fingerprint density at radius 2 is 2.26 bits per heavy atom. The van der Waals surface area contributed by atoms with Crippen LogP contribution in [0.2, 0.25) is 0 Å². The smallest absolute Gasteiger partial charge is 0.249 e. The summed E-state index contributed by atoms with van der Waals surface area (Å²) in [5.74, 6) is 1.10. The highest BCUT2D eigenvalue weighted by atomic mass is 16.5. The third-order valence-corrected chi connectivity index (χ3v) is 5.08. The number of carbonyl (C=O) groups excluding carboxylic acids is 1. The second kappa shape index (κ2) is 6.07. The summed E-state index contributed by atoms with van der Waals surface area (Å²) < 4.78 is 7.75. The Hall–Kier alpha value is -1.69. The monoisotopic (exact) mass is 316 g/mol. The van der Waals surface area contributed by atoms with Crippen LogP contribution in [-0.2, 0) is 23.1 Å². The fourth-order valence-electron chi connectivity index (χ4n) is 3.63. The van der Waals surface area contributed by atoms with E-state index in [2.05, 4.69) is 16.4 Å². The Balaban J connectivity index is 1.49. The molecule has 2 heterocycles. The molecule has 0 bridgehead atoms. The van der Waals surface area contributed by atoms with Crippen molar-refractivity contribution in [2.75, 3.05) is 19.8 Å². The first-order valence-electron chi connectivity index (χ1n) is 8.67. The van der Waals surface area contributed by atoms with E-state index in [1.165, 1.54) is 12.8 Å². The van der Waals surface area contributed by atoms with Gasteiger partial charge in [0.1, 0.15) is 5.69 Å². The molecule has 124 valence electrons. The van der Waals surface area contributed by atoms with E-state index in [1.54, 1.807) is 0 Å². The molecule has 0 aromatic carbocycles. The number of amides is 1.